The van der Waals surface area contributed by atoms with Crippen LogP contribution in [0.5, 0.6) is 0 Å². The monoisotopic (exact) mass is 544 g/mol. The lowest BCUT2D eigenvalue weighted by atomic mass is 9.79. The quantitative estimate of drug-likeness (QED) is 0.212. The number of hydrogen-bond acceptors (Lipinski definition) is 3. The van der Waals surface area contributed by atoms with Crippen molar-refractivity contribution in [3.05, 3.63) is 144 Å². The first kappa shape index (κ1) is 23.4. The molecule has 3 heteroatoms. The van der Waals surface area contributed by atoms with E-state index in [0.717, 1.165) is 11.4 Å². The molecule has 1 aromatic heterocycles. The number of fused-ring (bicyclic) bond motifs is 5. The molecule has 0 saturated heterocycles. The van der Waals surface area contributed by atoms with E-state index in [-0.39, 0.29) is 11.0 Å². The zero-order chi connectivity index (χ0) is 27.3. The van der Waals surface area contributed by atoms with Crippen molar-refractivity contribution in [2.75, 3.05) is 0 Å². The number of benzene rings is 5. The van der Waals surface area contributed by atoms with Crippen LogP contribution in [0, 0.1) is 11.8 Å². The highest BCUT2D eigenvalue weighted by Gasteiger charge is 2.78. The Morgan fingerprint density at radius 2 is 1.24 bits per heavy atom. The molecule has 0 N–H and O–H groups in total. The van der Waals surface area contributed by atoms with Crippen LogP contribution in [0.15, 0.2) is 131 Å². The lowest BCUT2D eigenvalue weighted by molar-refractivity contribution is 0.444. The van der Waals surface area contributed by atoms with Crippen LogP contribution in [0.25, 0.3) is 31.3 Å². The van der Waals surface area contributed by atoms with Crippen molar-refractivity contribution in [1.29, 1.82) is 0 Å². The van der Waals surface area contributed by atoms with Crippen LogP contribution in [0.4, 0.5) is 0 Å². The fraction of sp³-hybridized carbons (Fsp3) is 0.158. The molecule has 3 aliphatic rings. The molecule has 0 amide bonds. The summed E-state index contributed by atoms with van der Waals surface area (Å²) in [5, 5.41) is 2.68. The van der Waals surface area contributed by atoms with Gasteiger partial charge in [-0.3, -0.25) is 4.99 Å². The van der Waals surface area contributed by atoms with Gasteiger partial charge < -0.3 is 0 Å². The molecule has 1 spiro atoms. The molecule has 196 valence electrons. The summed E-state index contributed by atoms with van der Waals surface area (Å²) >= 11 is 1.87. The van der Waals surface area contributed by atoms with Crippen LogP contribution in [-0.4, -0.2) is 11.5 Å². The standard InChI is InChI=1S/C38H28N2S/c1-37(2)29-13-7-8-14-30(29)38-33(35(37)38)34(39-36(40-38)25-10-4-3-5-11-25)24-18-16-23(17-19-24)26-20-21-28-27-12-6-9-15-31(27)41-32(28)22-26/h3-22,33,35H,1-2H3. The first-order valence-corrected chi connectivity index (χ1v) is 15.2. The smallest absolute Gasteiger partial charge is 0.155 e. The maximum atomic E-state index is 5.48. The highest BCUT2D eigenvalue weighted by Crippen LogP contribution is 2.75. The van der Waals surface area contributed by atoms with E-state index in [1.807, 2.05) is 11.3 Å². The summed E-state index contributed by atoms with van der Waals surface area (Å²) in [6.45, 7) is 4.79. The Kier molecular flexibility index (Phi) is 4.63. The topological polar surface area (TPSA) is 24.7 Å². The molecule has 3 unspecified atom stereocenters. The Balaban J connectivity index is 1.15. The largest absolute Gasteiger partial charge is 0.254 e. The lowest BCUT2D eigenvalue weighted by Crippen LogP contribution is -2.25. The normalized spacial score (nSPS) is 23.5. The molecule has 1 saturated carbocycles. The Hall–Kier alpha value is -4.34. The first-order valence-electron chi connectivity index (χ1n) is 14.4. The van der Waals surface area contributed by atoms with E-state index in [2.05, 4.69) is 135 Å². The van der Waals surface area contributed by atoms with Gasteiger partial charge in [0.2, 0.25) is 0 Å². The van der Waals surface area contributed by atoms with Gasteiger partial charge in [0, 0.05) is 37.6 Å². The van der Waals surface area contributed by atoms with Gasteiger partial charge in [-0.2, -0.15) is 0 Å². The Labute approximate surface area is 243 Å². The van der Waals surface area contributed by atoms with E-state index in [0.29, 0.717) is 11.8 Å². The fourth-order valence-corrected chi connectivity index (χ4v) is 9.03. The average Bonchev–Trinajstić information content (AvgIpc) is 3.53. The third-order valence-electron chi connectivity index (χ3n) is 9.74. The summed E-state index contributed by atoms with van der Waals surface area (Å²) in [6, 6.07) is 44.1. The van der Waals surface area contributed by atoms with E-state index in [9.17, 15) is 0 Å². The fourth-order valence-electron chi connectivity index (χ4n) is 7.89. The summed E-state index contributed by atoms with van der Waals surface area (Å²) in [5.74, 6) is 1.55. The minimum absolute atomic E-state index is 0.0390. The van der Waals surface area contributed by atoms with Gasteiger partial charge >= 0.3 is 0 Å². The SMILES string of the molecule is CC1(C)c2ccccc2C23N=C(c4ccccc4)N=C(c4ccc(-c5ccc6c(c5)sc5ccccc56)cc4)C2C13. The van der Waals surface area contributed by atoms with Crippen molar-refractivity contribution >= 4 is 43.1 Å². The van der Waals surface area contributed by atoms with E-state index < -0.39 is 0 Å². The lowest BCUT2D eigenvalue weighted by Gasteiger charge is -2.26. The molecule has 0 bridgehead atoms. The predicted molar refractivity (Wildman–Crippen MR) is 172 cm³/mol. The summed E-state index contributed by atoms with van der Waals surface area (Å²) < 4.78 is 2.68. The number of rotatable bonds is 3. The maximum Gasteiger partial charge on any atom is 0.155 e. The van der Waals surface area contributed by atoms with Gasteiger partial charge in [-0.15, -0.1) is 11.3 Å². The minimum atomic E-state index is -0.229. The predicted octanol–water partition coefficient (Wildman–Crippen LogP) is 9.40. The van der Waals surface area contributed by atoms with Crippen LogP contribution in [0.2, 0.25) is 0 Å². The maximum absolute atomic E-state index is 5.48. The second-order valence-electron chi connectivity index (χ2n) is 12.2. The van der Waals surface area contributed by atoms with E-state index in [1.165, 1.54) is 53.7 Å². The molecule has 1 fully saturated rings. The van der Waals surface area contributed by atoms with Crippen LogP contribution >= 0.6 is 11.3 Å². The highest BCUT2D eigenvalue weighted by molar-refractivity contribution is 7.25. The Morgan fingerprint density at radius 1 is 0.585 bits per heavy atom. The van der Waals surface area contributed by atoms with Gasteiger partial charge in [0.05, 0.1) is 5.71 Å². The molecule has 3 atom stereocenters. The van der Waals surface area contributed by atoms with Crippen LogP contribution in [0.3, 0.4) is 0 Å². The first-order chi connectivity index (χ1) is 20.1. The van der Waals surface area contributed by atoms with E-state index in [1.54, 1.807) is 0 Å². The van der Waals surface area contributed by atoms with Crippen molar-refractivity contribution in [3.8, 4) is 11.1 Å². The van der Waals surface area contributed by atoms with Crippen molar-refractivity contribution in [1.82, 2.24) is 0 Å². The van der Waals surface area contributed by atoms with Gasteiger partial charge in [-0.25, -0.2) is 4.99 Å². The molecule has 2 nitrogen and oxygen atoms in total. The third kappa shape index (κ3) is 3.13. The number of amidine groups is 1. The zero-order valence-corrected chi connectivity index (χ0v) is 23.8. The van der Waals surface area contributed by atoms with E-state index in [4.69, 9.17) is 9.98 Å². The Bertz CT molecular complexity index is 2080. The number of thiophene rings is 1. The summed E-state index contributed by atoms with van der Waals surface area (Å²) in [6.07, 6.45) is 0. The summed E-state index contributed by atoms with van der Waals surface area (Å²) in [7, 11) is 0. The van der Waals surface area contributed by atoms with Gasteiger partial charge in [0.1, 0.15) is 5.54 Å². The van der Waals surface area contributed by atoms with Crippen LogP contribution in [-0.2, 0) is 11.0 Å². The van der Waals surface area contributed by atoms with Gasteiger partial charge in [0.15, 0.2) is 5.84 Å². The number of nitrogens with zero attached hydrogens (tertiary/aromatic N) is 2. The molecule has 2 aliphatic carbocycles. The summed E-state index contributed by atoms with van der Waals surface area (Å²) in [5.41, 5.74) is 8.58. The van der Waals surface area contributed by atoms with Crippen molar-refractivity contribution in [2.45, 2.75) is 24.8 Å². The molecule has 6 aromatic rings. The zero-order valence-electron chi connectivity index (χ0n) is 23.0. The van der Waals surface area contributed by atoms with Crippen molar-refractivity contribution in [3.63, 3.8) is 0 Å². The van der Waals surface area contributed by atoms with Crippen LogP contribution in [0.1, 0.15) is 36.1 Å². The number of hydrogen-bond donors (Lipinski definition) is 0. The molecular formula is C38H28N2S. The van der Waals surface area contributed by atoms with Gasteiger partial charge in [-0.05, 0) is 45.4 Å². The second kappa shape index (κ2) is 8.11. The molecule has 5 aromatic carbocycles. The highest BCUT2D eigenvalue weighted by atomic mass is 32.1. The van der Waals surface area contributed by atoms with Crippen molar-refractivity contribution in [2.24, 2.45) is 21.8 Å². The molecule has 41 heavy (non-hydrogen) atoms. The molecule has 9 rings (SSSR count). The average molecular weight is 545 g/mol. The molecule has 0 radical (unpaired) electrons. The molecule has 2 heterocycles. The van der Waals surface area contributed by atoms with Gasteiger partial charge in [0.25, 0.3) is 0 Å². The summed E-state index contributed by atoms with van der Waals surface area (Å²) in [4.78, 5) is 10.8. The number of aliphatic imine (C=N–C) groups is 2. The van der Waals surface area contributed by atoms with Gasteiger partial charge in [-0.1, -0.05) is 123 Å². The van der Waals surface area contributed by atoms with Crippen LogP contribution < -0.4 is 0 Å². The van der Waals surface area contributed by atoms with Crippen molar-refractivity contribution < 1.29 is 0 Å². The van der Waals surface area contributed by atoms with E-state index >= 15 is 0 Å². The Morgan fingerprint density at radius 3 is 2.07 bits per heavy atom. The minimum Gasteiger partial charge on any atom is -0.254 e. The molecule has 1 aliphatic heterocycles. The second-order valence-corrected chi connectivity index (χ2v) is 13.3. The molecular weight excluding hydrogens is 516 g/mol. The third-order valence-corrected chi connectivity index (χ3v) is 10.9.